The zero-order chi connectivity index (χ0) is 29.8. The molecule has 0 heterocycles. The van der Waals surface area contributed by atoms with Gasteiger partial charge in [-0.3, -0.25) is 9.59 Å². The summed E-state index contributed by atoms with van der Waals surface area (Å²) in [4.78, 5) is 43.0. The molecular weight excluding hydrogens is 526 g/mol. The van der Waals surface area contributed by atoms with E-state index in [1.165, 1.54) is 0 Å². The second-order valence-electron chi connectivity index (χ2n) is 12.3. The van der Waals surface area contributed by atoms with E-state index >= 15 is 0 Å². The van der Waals surface area contributed by atoms with Crippen LogP contribution in [0.4, 0.5) is 10.5 Å². The summed E-state index contributed by atoms with van der Waals surface area (Å²) < 4.78 is 5.49. The molecule has 1 aliphatic carbocycles. The van der Waals surface area contributed by atoms with Crippen molar-refractivity contribution in [2.24, 2.45) is 11.8 Å². The van der Waals surface area contributed by atoms with Gasteiger partial charge in [-0.25, -0.2) is 4.79 Å². The maximum atomic E-state index is 14.4. The number of ether oxygens (including phenoxy) is 1. The predicted octanol–water partition coefficient (Wildman–Crippen LogP) is 7.07. The molecule has 40 heavy (non-hydrogen) atoms. The summed E-state index contributed by atoms with van der Waals surface area (Å²) in [5.41, 5.74) is 2.46. The number of amides is 3. The van der Waals surface area contributed by atoms with Crippen molar-refractivity contribution < 1.29 is 19.1 Å². The number of hydrogen-bond acceptors (Lipinski definition) is 4. The highest BCUT2D eigenvalue weighted by atomic mass is 35.5. The molecule has 218 valence electrons. The molecule has 1 fully saturated rings. The standard InChI is InChI=1S/C32H44ClN3O4/c1-9-22-13-15-23(16-14-22)28(29(37)35-27-20(4)11-10-12-24(27)33)36(26-18-21(26)5)30(38)25(17-19(2)3)34-31(39)40-32(6,7)8/h10-16,19,21,25-26,28H,9,17-18H2,1-8H3,(H,34,39)(H,35,37). The molecule has 2 aromatic rings. The Morgan fingerprint density at radius 2 is 1.73 bits per heavy atom. The van der Waals surface area contributed by atoms with Crippen molar-refractivity contribution >= 4 is 35.2 Å². The molecule has 0 aliphatic heterocycles. The van der Waals surface area contributed by atoms with Crippen molar-refractivity contribution in [1.29, 1.82) is 0 Å². The Morgan fingerprint density at radius 1 is 1.10 bits per heavy atom. The van der Waals surface area contributed by atoms with Gasteiger partial charge in [0.15, 0.2) is 0 Å². The second kappa shape index (κ2) is 13.1. The van der Waals surface area contributed by atoms with E-state index in [2.05, 4.69) is 24.5 Å². The van der Waals surface area contributed by atoms with Crippen molar-refractivity contribution in [3.63, 3.8) is 0 Å². The minimum atomic E-state index is -0.917. The molecule has 3 amide bonds. The van der Waals surface area contributed by atoms with Crippen LogP contribution in [-0.2, 0) is 20.7 Å². The molecule has 1 aliphatic rings. The fraction of sp³-hybridized carbons (Fsp3) is 0.531. The molecule has 0 radical (unpaired) electrons. The Kier molecular flexibility index (Phi) is 10.3. The van der Waals surface area contributed by atoms with Gasteiger partial charge in [0.05, 0.1) is 10.7 Å². The van der Waals surface area contributed by atoms with Gasteiger partial charge in [0.2, 0.25) is 5.91 Å². The molecule has 7 nitrogen and oxygen atoms in total. The van der Waals surface area contributed by atoms with Crippen molar-refractivity contribution in [1.82, 2.24) is 10.2 Å². The largest absolute Gasteiger partial charge is 0.444 e. The lowest BCUT2D eigenvalue weighted by Crippen LogP contribution is -2.53. The maximum Gasteiger partial charge on any atom is 0.408 e. The molecule has 0 bridgehead atoms. The summed E-state index contributed by atoms with van der Waals surface area (Å²) >= 11 is 6.47. The van der Waals surface area contributed by atoms with Gasteiger partial charge in [-0.1, -0.05) is 75.7 Å². The van der Waals surface area contributed by atoms with Crippen LogP contribution in [0.15, 0.2) is 42.5 Å². The van der Waals surface area contributed by atoms with Gasteiger partial charge < -0.3 is 20.3 Å². The fourth-order valence-corrected chi connectivity index (χ4v) is 5.12. The monoisotopic (exact) mass is 569 g/mol. The van der Waals surface area contributed by atoms with Gasteiger partial charge in [-0.05, 0) is 81.5 Å². The highest BCUT2D eigenvalue weighted by molar-refractivity contribution is 6.34. The number of anilines is 1. The van der Waals surface area contributed by atoms with Crippen molar-refractivity contribution in [2.75, 3.05) is 5.32 Å². The highest BCUT2D eigenvalue weighted by Gasteiger charge is 2.48. The normalized spacial score (nSPS) is 18.1. The van der Waals surface area contributed by atoms with E-state index < -0.39 is 23.8 Å². The van der Waals surface area contributed by atoms with Crippen LogP contribution in [-0.4, -0.2) is 40.5 Å². The Balaban J connectivity index is 2.06. The third kappa shape index (κ3) is 8.23. The first-order chi connectivity index (χ1) is 18.7. The third-order valence-electron chi connectivity index (χ3n) is 7.08. The van der Waals surface area contributed by atoms with E-state index in [1.807, 2.05) is 57.2 Å². The minimum Gasteiger partial charge on any atom is -0.444 e. The summed E-state index contributed by atoms with van der Waals surface area (Å²) in [6, 6.07) is 11.3. The fourth-order valence-electron chi connectivity index (χ4n) is 4.85. The van der Waals surface area contributed by atoms with E-state index in [9.17, 15) is 14.4 Å². The van der Waals surface area contributed by atoms with Crippen LogP contribution in [0.2, 0.25) is 5.02 Å². The SMILES string of the molecule is CCc1ccc(C(C(=O)Nc2c(C)cccc2Cl)N(C(=O)C(CC(C)C)NC(=O)OC(C)(C)C)C2CC2C)cc1. The number of alkyl carbamates (subject to hydrolysis) is 1. The highest BCUT2D eigenvalue weighted by Crippen LogP contribution is 2.41. The first-order valence-corrected chi connectivity index (χ1v) is 14.6. The number of benzene rings is 2. The number of carbonyl (C=O) groups is 3. The predicted molar refractivity (Wildman–Crippen MR) is 160 cm³/mol. The quantitative estimate of drug-likeness (QED) is 0.320. The summed E-state index contributed by atoms with van der Waals surface area (Å²) in [5, 5.41) is 6.25. The second-order valence-corrected chi connectivity index (χ2v) is 12.7. The van der Waals surface area contributed by atoms with Crippen LogP contribution in [0.25, 0.3) is 0 Å². The van der Waals surface area contributed by atoms with Crippen LogP contribution in [0.3, 0.4) is 0 Å². The van der Waals surface area contributed by atoms with Crippen LogP contribution >= 0.6 is 11.6 Å². The van der Waals surface area contributed by atoms with Gasteiger partial charge in [0.1, 0.15) is 17.7 Å². The van der Waals surface area contributed by atoms with E-state index in [0.717, 1.165) is 24.0 Å². The average Bonchev–Trinajstić information content (AvgIpc) is 3.58. The minimum absolute atomic E-state index is 0.115. The lowest BCUT2D eigenvalue weighted by molar-refractivity contribution is -0.142. The number of para-hydroxylation sites is 1. The van der Waals surface area contributed by atoms with Gasteiger partial charge in [-0.2, -0.15) is 0 Å². The Labute approximate surface area is 244 Å². The van der Waals surface area contributed by atoms with Crippen LogP contribution in [0.5, 0.6) is 0 Å². The number of halogens is 1. The van der Waals surface area contributed by atoms with Crippen LogP contribution < -0.4 is 10.6 Å². The molecule has 8 heteroatoms. The van der Waals surface area contributed by atoms with Gasteiger partial charge in [-0.15, -0.1) is 0 Å². The van der Waals surface area contributed by atoms with Gasteiger partial charge in [0.25, 0.3) is 5.91 Å². The third-order valence-corrected chi connectivity index (χ3v) is 7.39. The summed E-state index contributed by atoms with van der Waals surface area (Å²) in [5.74, 6) is -0.320. The number of nitrogens with one attached hydrogen (secondary N) is 2. The molecule has 0 spiro atoms. The number of nitrogens with zero attached hydrogens (tertiary/aromatic N) is 1. The molecule has 0 aromatic heterocycles. The van der Waals surface area contributed by atoms with Crippen LogP contribution in [0, 0.1) is 18.8 Å². The molecule has 2 N–H and O–H groups in total. The zero-order valence-corrected chi connectivity index (χ0v) is 25.8. The van der Waals surface area contributed by atoms with E-state index in [4.69, 9.17) is 16.3 Å². The smallest absolute Gasteiger partial charge is 0.408 e. The lowest BCUT2D eigenvalue weighted by atomic mass is 9.97. The average molecular weight is 570 g/mol. The maximum absolute atomic E-state index is 14.4. The zero-order valence-electron chi connectivity index (χ0n) is 25.0. The van der Waals surface area contributed by atoms with E-state index in [1.54, 1.807) is 31.7 Å². The summed E-state index contributed by atoms with van der Waals surface area (Å²) in [6.45, 7) is 15.3. The Morgan fingerprint density at radius 3 is 2.23 bits per heavy atom. The number of carbonyl (C=O) groups excluding carboxylic acids is 3. The molecule has 1 saturated carbocycles. The van der Waals surface area contributed by atoms with E-state index in [0.29, 0.717) is 22.7 Å². The van der Waals surface area contributed by atoms with Gasteiger partial charge >= 0.3 is 6.09 Å². The topological polar surface area (TPSA) is 87.7 Å². The molecule has 2 aromatic carbocycles. The van der Waals surface area contributed by atoms with Crippen LogP contribution in [0.1, 0.15) is 84.0 Å². The van der Waals surface area contributed by atoms with Crippen molar-refractivity contribution in [2.45, 2.75) is 98.4 Å². The molecule has 3 rings (SSSR count). The van der Waals surface area contributed by atoms with Crippen molar-refractivity contribution in [3.05, 3.63) is 64.2 Å². The molecule has 0 saturated heterocycles. The summed E-state index contributed by atoms with van der Waals surface area (Å²) in [7, 11) is 0. The first-order valence-electron chi connectivity index (χ1n) is 14.2. The lowest BCUT2D eigenvalue weighted by Gasteiger charge is -2.35. The number of rotatable bonds is 10. The van der Waals surface area contributed by atoms with Gasteiger partial charge in [0, 0.05) is 6.04 Å². The number of hydrogen-bond donors (Lipinski definition) is 2. The first kappa shape index (κ1) is 31.5. The molecular formula is C32H44ClN3O4. The Hall–Kier alpha value is -3.06. The van der Waals surface area contributed by atoms with E-state index in [-0.39, 0.29) is 29.7 Å². The summed E-state index contributed by atoms with van der Waals surface area (Å²) in [6.07, 6.45) is 1.38. The number of aryl methyl sites for hydroxylation is 2. The molecule has 4 atom stereocenters. The molecule has 4 unspecified atom stereocenters. The van der Waals surface area contributed by atoms with Crippen molar-refractivity contribution in [3.8, 4) is 0 Å². The Bertz CT molecular complexity index is 1190.